The molecule has 0 aliphatic carbocycles. The van der Waals surface area contributed by atoms with Crippen LogP contribution in [0.2, 0.25) is 0 Å². The number of rotatable bonds is 5. The van der Waals surface area contributed by atoms with Gasteiger partial charge in [-0.05, 0) is 73.3 Å². The van der Waals surface area contributed by atoms with E-state index in [1.165, 1.54) is 38.0 Å². The molecule has 6 rings (SSSR count). The van der Waals surface area contributed by atoms with E-state index in [0.29, 0.717) is 0 Å². The molecule has 0 spiro atoms. The zero-order valence-electron chi connectivity index (χ0n) is 24.9. The molecule has 1 heterocycles. The minimum absolute atomic E-state index is 0.100. The fraction of sp³-hybridized carbons (Fsp3) is 0.297. The molecule has 0 bridgehead atoms. The summed E-state index contributed by atoms with van der Waals surface area (Å²) in [7, 11) is 2.74. The van der Waals surface area contributed by atoms with E-state index in [0.717, 1.165) is 35.5 Å². The van der Waals surface area contributed by atoms with E-state index >= 15 is 0 Å². The molecule has 210 valence electrons. The molecule has 1 N–H and O–H groups in total. The topological polar surface area (TPSA) is 38.7 Å². The predicted octanol–water partition coefficient (Wildman–Crippen LogP) is 9.16. The highest BCUT2D eigenvalue weighted by Gasteiger charge is 2.49. The first-order valence-corrected chi connectivity index (χ1v) is 15.7. The molecule has 0 amide bonds. The zero-order valence-corrected chi connectivity index (χ0v) is 25.8. The second kappa shape index (κ2) is 10.5. The van der Waals surface area contributed by atoms with E-state index in [1.807, 2.05) is 0 Å². The molecule has 0 aromatic heterocycles. The number of aliphatic hydroxyl groups is 1. The van der Waals surface area contributed by atoms with Crippen molar-refractivity contribution >= 4 is 34.8 Å². The number of ether oxygens (including phenoxy) is 2. The Morgan fingerprint density at radius 2 is 1.05 bits per heavy atom. The van der Waals surface area contributed by atoms with Gasteiger partial charge in [0.25, 0.3) is 0 Å². The number of fused-ring (bicyclic) bond motifs is 2. The second-order valence-electron chi connectivity index (χ2n) is 12.5. The van der Waals surface area contributed by atoms with Crippen LogP contribution in [0.5, 0.6) is 11.5 Å². The number of benzene rings is 5. The third-order valence-electron chi connectivity index (χ3n) is 8.70. The summed E-state index contributed by atoms with van der Waals surface area (Å²) in [6.45, 7) is 9.40. The summed E-state index contributed by atoms with van der Waals surface area (Å²) in [5, 5.41) is 16.9. The molecule has 1 aliphatic heterocycles. The van der Waals surface area contributed by atoms with Crippen molar-refractivity contribution in [1.82, 2.24) is 0 Å². The van der Waals surface area contributed by atoms with Gasteiger partial charge in [-0.25, -0.2) is 0 Å². The maximum Gasteiger partial charge on any atom is 0.127 e. The molecule has 5 aromatic carbocycles. The van der Waals surface area contributed by atoms with Crippen molar-refractivity contribution < 1.29 is 14.6 Å². The summed E-state index contributed by atoms with van der Waals surface area (Å²) in [5.74, 6) is 1.74. The summed E-state index contributed by atoms with van der Waals surface area (Å²) in [6, 6.07) is 32.4. The Labute approximate surface area is 244 Å². The van der Waals surface area contributed by atoms with Crippen LogP contribution in [-0.2, 0) is 0 Å². The standard InChI is InChI=1S/C37H39O3P/c1-36(2)22-26(38)23-37(3,4)41(36)35-29(33-27-14-9-7-12-24(27)18-20-31(33)39-5)16-11-17-30(35)34-28-15-10-8-13-25(28)19-21-32(34)40-6/h7-21,26,38H,22-23H2,1-6H3. The average molecular weight is 563 g/mol. The van der Waals surface area contributed by atoms with Crippen molar-refractivity contribution in [1.29, 1.82) is 0 Å². The molecule has 0 radical (unpaired) electrons. The van der Waals surface area contributed by atoms with Crippen molar-refractivity contribution in [3.05, 3.63) is 91.0 Å². The Hall–Kier alpha value is -3.39. The summed E-state index contributed by atoms with van der Waals surface area (Å²) in [5.41, 5.74) is 4.66. The molecule has 4 heteroatoms. The van der Waals surface area contributed by atoms with Crippen LogP contribution in [0.15, 0.2) is 91.0 Å². The van der Waals surface area contributed by atoms with E-state index in [9.17, 15) is 5.11 Å². The van der Waals surface area contributed by atoms with E-state index < -0.39 is 7.92 Å². The molecule has 0 atom stereocenters. The summed E-state index contributed by atoms with van der Waals surface area (Å²) < 4.78 is 12.1. The molecule has 5 aromatic rings. The van der Waals surface area contributed by atoms with Crippen LogP contribution in [0, 0.1) is 0 Å². The predicted molar refractivity (Wildman–Crippen MR) is 175 cm³/mol. The van der Waals surface area contributed by atoms with E-state index in [2.05, 4.69) is 119 Å². The lowest BCUT2D eigenvalue weighted by molar-refractivity contribution is 0.125. The fourth-order valence-electron chi connectivity index (χ4n) is 7.42. The summed E-state index contributed by atoms with van der Waals surface area (Å²) >= 11 is 0. The second-order valence-corrected chi connectivity index (χ2v) is 16.0. The lowest BCUT2D eigenvalue weighted by Crippen LogP contribution is -2.45. The molecule has 0 unspecified atom stereocenters. The van der Waals surface area contributed by atoms with Crippen LogP contribution < -0.4 is 14.8 Å². The highest BCUT2D eigenvalue weighted by molar-refractivity contribution is 7.69. The first-order chi connectivity index (χ1) is 19.7. The molecule has 1 aliphatic rings. The van der Waals surface area contributed by atoms with E-state index in [4.69, 9.17) is 9.47 Å². The van der Waals surface area contributed by atoms with Crippen molar-refractivity contribution in [2.45, 2.75) is 57.0 Å². The highest BCUT2D eigenvalue weighted by Crippen LogP contribution is 2.67. The van der Waals surface area contributed by atoms with Gasteiger partial charge in [-0.3, -0.25) is 0 Å². The first kappa shape index (κ1) is 27.8. The lowest BCUT2D eigenvalue weighted by atomic mass is 9.91. The van der Waals surface area contributed by atoms with Gasteiger partial charge in [0.15, 0.2) is 0 Å². The molecule has 1 fully saturated rings. The maximum atomic E-state index is 11.0. The monoisotopic (exact) mass is 562 g/mol. The fourth-order valence-corrected chi connectivity index (χ4v) is 11.9. The van der Waals surface area contributed by atoms with Crippen LogP contribution >= 0.6 is 7.92 Å². The SMILES string of the molecule is COc1ccc2ccccc2c1-c1cccc(-c2c(OC)ccc3ccccc23)c1P1C(C)(C)CC(O)CC1(C)C. The van der Waals surface area contributed by atoms with Gasteiger partial charge in [-0.1, -0.05) is 114 Å². The molecule has 3 nitrogen and oxygen atoms in total. The molecule has 1 saturated heterocycles. The van der Waals surface area contributed by atoms with Gasteiger partial charge in [0.2, 0.25) is 0 Å². The summed E-state index contributed by atoms with van der Waals surface area (Å²) in [6.07, 6.45) is 1.23. The third-order valence-corrected chi connectivity index (χ3v) is 12.4. The van der Waals surface area contributed by atoms with Crippen molar-refractivity contribution in [2.75, 3.05) is 14.2 Å². The molecule has 0 saturated carbocycles. The van der Waals surface area contributed by atoms with Crippen molar-refractivity contribution in [3.63, 3.8) is 0 Å². The third kappa shape index (κ3) is 4.70. The van der Waals surface area contributed by atoms with Crippen LogP contribution in [0.3, 0.4) is 0 Å². The van der Waals surface area contributed by atoms with Gasteiger partial charge >= 0.3 is 0 Å². The summed E-state index contributed by atoms with van der Waals surface area (Å²) in [4.78, 5) is 0. The Morgan fingerprint density at radius 3 is 1.49 bits per heavy atom. The first-order valence-electron chi connectivity index (χ1n) is 14.4. The Bertz CT molecular complexity index is 1630. The minimum Gasteiger partial charge on any atom is -0.496 e. The highest BCUT2D eigenvalue weighted by atomic mass is 31.1. The van der Waals surface area contributed by atoms with Gasteiger partial charge < -0.3 is 14.6 Å². The van der Waals surface area contributed by atoms with Crippen molar-refractivity contribution in [2.24, 2.45) is 0 Å². The molecular formula is C37H39O3P. The van der Waals surface area contributed by atoms with E-state index in [-0.39, 0.29) is 16.4 Å². The van der Waals surface area contributed by atoms with Crippen LogP contribution in [0.1, 0.15) is 40.5 Å². The van der Waals surface area contributed by atoms with Gasteiger partial charge in [0, 0.05) is 11.1 Å². The largest absolute Gasteiger partial charge is 0.496 e. The number of aliphatic hydroxyl groups excluding tert-OH is 1. The number of methoxy groups -OCH3 is 2. The number of hydrogen-bond donors (Lipinski definition) is 1. The maximum absolute atomic E-state index is 11.0. The van der Waals surface area contributed by atoms with Gasteiger partial charge in [-0.2, -0.15) is 0 Å². The Balaban J connectivity index is 1.80. The Morgan fingerprint density at radius 1 is 0.610 bits per heavy atom. The zero-order chi connectivity index (χ0) is 28.9. The Kier molecular flexibility index (Phi) is 7.09. The van der Waals surface area contributed by atoms with Crippen LogP contribution in [-0.4, -0.2) is 35.7 Å². The molecule has 41 heavy (non-hydrogen) atoms. The van der Waals surface area contributed by atoms with Gasteiger partial charge in [0.1, 0.15) is 11.5 Å². The van der Waals surface area contributed by atoms with Crippen LogP contribution in [0.4, 0.5) is 0 Å². The van der Waals surface area contributed by atoms with Gasteiger partial charge in [-0.15, -0.1) is 0 Å². The van der Waals surface area contributed by atoms with E-state index in [1.54, 1.807) is 14.2 Å². The minimum atomic E-state index is -0.785. The molecular weight excluding hydrogens is 523 g/mol. The number of hydrogen-bond acceptors (Lipinski definition) is 3. The van der Waals surface area contributed by atoms with Crippen molar-refractivity contribution in [3.8, 4) is 33.8 Å². The average Bonchev–Trinajstić information content (AvgIpc) is 2.94. The van der Waals surface area contributed by atoms with Crippen LogP contribution in [0.25, 0.3) is 43.8 Å². The smallest absolute Gasteiger partial charge is 0.127 e. The van der Waals surface area contributed by atoms with Gasteiger partial charge in [0.05, 0.1) is 20.3 Å². The normalized spacial score (nSPS) is 19.8. The lowest BCUT2D eigenvalue weighted by Gasteiger charge is -2.52. The quantitative estimate of drug-likeness (QED) is 0.217.